The summed E-state index contributed by atoms with van der Waals surface area (Å²) in [5, 5.41) is 11.8. The van der Waals surface area contributed by atoms with Crippen LogP contribution in [0.5, 0.6) is 17.2 Å². The Bertz CT molecular complexity index is 837. The third-order valence-electron chi connectivity index (χ3n) is 4.69. The number of aromatic amines is 1. The fourth-order valence-corrected chi connectivity index (χ4v) is 3.50. The van der Waals surface area contributed by atoms with Crippen molar-refractivity contribution in [2.75, 3.05) is 21.3 Å². The highest BCUT2D eigenvalue weighted by molar-refractivity contribution is 7.71. The molecule has 140 valence electrons. The topological polar surface area (TPSA) is 73.7 Å². The fourth-order valence-electron chi connectivity index (χ4n) is 3.31. The molecule has 1 fully saturated rings. The summed E-state index contributed by atoms with van der Waals surface area (Å²) in [5.41, 5.74) is 0.767. The minimum absolute atomic E-state index is 0.390. The molecule has 8 heteroatoms. The molecule has 0 aliphatic heterocycles. The number of hydrogen-bond donors (Lipinski definition) is 1. The van der Waals surface area contributed by atoms with Gasteiger partial charge in [0.1, 0.15) is 5.75 Å². The zero-order chi connectivity index (χ0) is 18.5. The molecule has 0 amide bonds. The molecule has 26 heavy (non-hydrogen) atoms. The third kappa shape index (κ3) is 3.75. The van der Waals surface area contributed by atoms with Crippen LogP contribution in [0.25, 0.3) is 0 Å². The molecule has 1 N–H and O–H groups in total. The van der Waals surface area contributed by atoms with Gasteiger partial charge in [0.25, 0.3) is 0 Å². The first-order valence-corrected chi connectivity index (χ1v) is 9.10. The molecular weight excluding hydrogens is 352 g/mol. The first-order valence-electron chi connectivity index (χ1n) is 8.69. The van der Waals surface area contributed by atoms with Gasteiger partial charge >= 0.3 is 0 Å². The van der Waals surface area contributed by atoms with Crippen molar-refractivity contribution in [3.8, 4) is 17.2 Å². The van der Waals surface area contributed by atoms with Crippen LogP contribution in [0.1, 0.15) is 49.4 Å². The molecule has 3 rings (SSSR count). The Hall–Kier alpha value is -2.35. The van der Waals surface area contributed by atoms with E-state index >= 15 is 0 Å². The summed E-state index contributed by atoms with van der Waals surface area (Å²) in [5.74, 6) is 3.13. The van der Waals surface area contributed by atoms with Gasteiger partial charge in [-0.05, 0) is 31.1 Å². The van der Waals surface area contributed by atoms with Crippen LogP contribution in [0.2, 0.25) is 0 Å². The summed E-state index contributed by atoms with van der Waals surface area (Å²) < 4.78 is 18.3. The van der Waals surface area contributed by atoms with Gasteiger partial charge in [0.2, 0.25) is 4.77 Å². The van der Waals surface area contributed by atoms with Crippen molar-refractivity contribution < 1.29 is 14.2 Å². The number of H-pyrrole nitrogens is 1. The standard InChI is InChI=1S/C18H24N4O3S/c1-23-14-10-16(25-3)15(24-2)9-13(14)11-19-22-17(20-21-18(22)26)12-7-5-4-6-8-12/h9-12H,4-8H2,1-3H3,(H,21,26)/b19-11-. The largest absolute Gasteiger partial charge is 0.496 e. The van der Waals surface area contributed by atoms with E-state index in [-0.39, 0.29) is 0 Å². The van der Waals surface area contributed by atoms with Crippen LogP contribution in [-0.4, -0.2) is 42.4 Å². The minimum atomic E-state index is 0.390. The van der Waals surface area contributed by atoms with E-state index in [4.69, 9.17) is 26.4 Å². The second kappa shape index (κ2) is 8.35. The Morgan fingerprint density at radius 3 is 2.38 bits per heavy atom. The van der Waals surface area contributed by atoms with Crippen molar-refractivity contribution in [3.63, 3.8) is 0 Å². The van der Waals surface area contributed by atoms with Crippen molar-refractivity contribution in [2.24, 2.45) is 5.10 Å². The van der Waals surface area contributed by atoms with E-state index in [0.717, 1.165) is 24.2 Å². The SMILES string of the molecule is COc1cc(OC)c(OC)cc1/C=N\n1c(C2CCCCC2)n[nH]c1=S. The van der Waals surface area contributed by atoms with Gasteiger partial charge in [-0.3, -0.25) is 5.10 Å². The second-order valence-electron chi connectivity index (χ2n) is 6.23. The average molecular weight is 376 g/mol. The number of aromatic nitrogens is 3. The Morgan fingerprint density at radius 1 is 1.08 bits per heavy atom. The van der Waals surface area contributed by atoms with Crippen LogP contribution in [0.4, 0.5) is 0 Å². The molecule has 2 aromatic rings. The van der Waals surface area contributed by atoms with Gasteiger partial charge in [0.15, 0.2) is 17.3 Å². The quantitative estimate of drug-likeness (QED) is 0.611. The van der Waals surface area contributed by atoms with Crippen molar-refractivity contribution in [1.82, 2.24) is 14.9 Å². The molecule has 0 unspecified atom stereocenters. The van der Waals surface area contributed by atoms with Crippen molar-refractivity contribution in [3.05, 3.63) is 28.3 Å². The summed E-state index contributed by atoms with van der Waals surface area (Å²) in [7, 11) is 4.79. The van der Waals surface area contributed by atoms with Crippen LogP contribution in [0.15, 0.2) is 17.2 Å². The summed E-state index contributed by atoms with van der Waals surface area (Å²) >= 11 is 5.36. The van der Waals surface area contributed by atoms with Gasteiger partial charge in [-0.25, -0.2) is 0 Å². The van der Waals surface area contributed by atoms with E-state index in [2.05, 4.69) is 15.3 Å². The van der Waals surface area contributed by atoms with Crippen LogP contribution in [-0.2, 0) is 0 Å². The monoisotopic (exact) mass is 376 g/mol. The van der Waals surface area contributed by atoms with Gasteiger partial charge in [-0.15, -0.1) is 0 Å². The third-order valence-corrected chi connectivity index (χ3v) is 4.96. The maximum atomic E-state index is 5.45. The van der Waals surface area contributed by atoms with E-state index in [9.17, 15) is 0 Å². The van der Waals surface area contributed by atoms with E-state index in [1.54, 1.807) is 38.3 Å². The average Bonchev–Trinajstić information content (AvgIpc) is 3.06. The zero-order valence-electron chi connectivity index (χ0n) is 15.3. The normalized spacial score (nSPS) is 15.3. The Morgan fingerprint density at radius 2 is 1.73 bits per heavy atom. The summed E-state index contributed by atoms with van der Waals surface area (Å²) in [6.07, 6.45) is 7.67. The van der Waals surface area contributed by atoms with E-state index in [0.29, 0.717) is 27.9 Å². The van der Waals surface area contributed by atoms with Gasteiger partial charge in [-0.1, -0.05) is 19.3 Å². The van der Waals surface area contributed by atoms with Crippen LogP contribution >= 0.6 is 12.2 Å². The lowest BCUT2D eigenvalue weighted by Crippen LogP contribution is -2.10. The molecule has 1 saturated carbocycles. The van der Waals surface area contributed by atoms with Crippen molar-refractivity contribution >= 4 is 18.4 Å². The molecular formula is C18H24N4O3S. The van der Waals surface area contributed by atoms with Crippen LogP contribution < -0.4 is 14.2 Å². The number of nitrogens with zero attached hydrogens (tertiary/aromatic N) is 3. The molecule has 0 spiro atoms. The highest BCUT2D eigenvalue weighted by Crippen LogP contribution is 2.34. The molecule has 1 aromatic heterocycles. The van der Waals surface area contributed by atoms with Gasteiger partial charge in [0.05, 0.1) is 27.5 Å². The molecule has 1 heterocycles. The second-order valence-corrected chi connectivity index (χ2v) is 6.61. The highest BCUT2D eigenvalue weighted by atomic mass is 32.1. The maximum absolute atomic E-state index is 5.45. The summed E-state index contributed by atoms with van der Waals surface area (Å²) in [6.45, 7) is 0. The number of methoxy groups -OCH3 is 3. The van der Waals surface area contributed by atoms with Crippen molar-refractivity contribution in [1.29, 1.82) is 0 Å². The number of ether oxygens (including phenoxy) is 3. The lowest BCUT2D eigenvalue weighted by molar-refractivity contribution is 0.349. The molecule has 0 saturated heterocycles. The van der Waals surface area contributed by atoms with Crippen molar-refractivity contribution in [2.45, 2.75) is 38.0 Å². The molecule has 0 radical (unpaired) electrons. The van der Waals surface area contributed by atoms with E-state index < -0.39 is 0 Å². The van der Waals surface area contributed by atoms with E-state index in [1.807, 2.05) is 6.07 Å². The maximum Gasteiger partial charge on any atom is 0.216 e. The minimum Gasteiger partial charge on any atom is -0.496 e. The molecule has 7 nitrogen and oxygen atoms in total. The van der Waals surface area contributed by atoms with Crippen LogP contribution in [0, 0.1) is 4.77 Å². The number of hydrogen-bond acceptors (Lipinski definition) is 6. The molecule has 1 aliphatic rings. The van der Waals surface area contributed by atoms with Gasteiger partial charge < -0.3 is 14.2 Å². The Labute approximate surface area is 158 Å². The summed E-state index contributed by atoms with van der Waals surface area (Å²) in [6, 6.07) is 3.60. The lowest BCUT2D eigenvalue weighted by atomic mass is 9.89. The number of benzene rings is 1. The van der Waals surface area contributed by atoms with Gasteiger partial charge in [0, 0.05) is 17.5 Å². The van der Waals surface area contributed by atoms with E-state index in [1.165, 1.54) is 19.3 Å². The smallest absolute Gasteiger partial charge is 0.216 e. The fraction of sp³-hybridized carbons (Fsp3) is 0.500. The molecule has 1 aliphatic carbocycles. The number of rotatable bonds is 6. The predicted molar refractivity (Wildman–Crippen MR) is 102 cm³/mol. The Kier molecular flexibility index (Phi) is 5.92. The Balaban J connectivity index is 1.95. The zero-order valence-corrected chi connectivity index (χ0v) is 16.1. The molecule has 0 atom stereocenters. The molecule has 0 bridgehead atoms. The lowest BCUT2D eigenvalue weighted by Gasteiger charge is -2.20. The predicted octanol–water partition coefficient (Wildman–Crippen LogP) is 3.90. The summed E-state index contributed by atoms with van der Waals surface area (Å²) in [4.78, 5) is 0. The molecule has 1 aromatic carbocycles. The van der Waals surface area contributed by atoms with Crippen LogP contribution in [0.3, 0.4) is 0 Å². The highest BCUT2D eigenvalue weighted by Gasteiger charge is 2.21. The van der Waals surface area contributed by atoms with Gasteiger partial charge in [-0.2, -0.15) is 14.9 Å². The number of nitrogens with one attached hydrogen (secondary N) is 1. The first kappa shape index (κ1) is 18.4. The first-order chi connectivity index (χ1) is 12.7.